The minimum Gasteiger partial charge on any atom is -0.465 e. The Morgan fingerprint density at radius 1 is 1.29 bits per heavy atom. The maximum Gasteiger partial charge on any atom is 0.293 e. The summed E-state index contributed by atoms with van der Waals surface area (Å²) in [6.07, 6.45) is 1.56. The van der Waals surface area contributed by atoms with Gasteiger partial charge in [-0.05, 0) is 26.7 Å². The molecule has 0 N–H and O–H groups in total. The molecule has 0 spiro atoms. The Hall–Kier alpha value is -0.820. The summed E-state index contributed by atoms with van der Waals surface area (Å²) in [6, 6.07) is 1.42. The number of nitrogens with zero attached hydrogens (tertiary/aromatic N) is 1. The number of hydrogen-bond donors (Lipinski definition) is 0. The summed E-state index contributed by atoms with van der Waals surface area (Å²) in [5, 5.41) is 0. The predicted octanol–water partition coefficient (Wildman–Crippen LogP) is 1.85. The van der Waals surface area contributed by atoms with Crippen LogP contribution in [0.4, 0.5) is 0 Å². The van der Waals surface area contributed by atoms with Crippen molar-refractivity contribution in [3.8, 4) is 0 Å². The number of aryl methyl sites for hydroxylation is 2. The lowest BCUT2D eigenvalue weighted by Gasteiger charge is -2.00. The van der Waals surface area contributed by atoms with Gasteiger partial charge in [0.05, 0.1) is 9.73 Å². The molecule has 2 heterocycles. The smallest absolute Gasteiger partial charge is 0.293 e. The van der Waals surface area contributed by atoms with Crippen LogP contribution in [0.25, 0.3) is 0 Å². The summed E-state index contributed by atoms with van der Waals surface area (Å²) in [5.74, 6) is 1.56. The Balaban J connectivity index is 2.52. The van der Waals surface area contributed by atoms with Gasteiger partial charge in [-0.3, -0.25) is 0 Å². The molecule has 0 unspecified atom stereocenters. The van der Waals surface area contributed by atoms with E-state index in [1.807, 2.05) is 0 Å². The fourth-order valence-electron chi connectivity index (χ4n) is 1.91. The van der Waals surface area contributed by atoms with Crippen molar-refractivity contribution in [1.29, 1.82) is 0 Å². The molecule has 1 aliphatic heterocycles. The van der Waals surface area contributed by atoms with Crippen molar-refractivity contribution in [1.82, 2.24) is 0 Å². The highest BCUT2D eigenvalue weighted by atomic mass is 32.3. The summed E-state index contributed by atoms with van der Waals surface area (Å²) >= 11 is 0. The first-order valence-corrected chi connectivity index (χ1v) is 8.68. The zero-order valence-electron chi connectivity index (χ0n) is 9.80. The second-order valence-corrected chi connectivity index (χ2v) is 8.56. The van der Waals surface area contributed by atoms with E-state index in [0.29, 0.717) is 23.0 Å². The minimum absolute atomic E-state index is 0.0321. The summed E-state index contributed by atoms with van der Waals surface area (Å²) in [6.45, 7) is 3.23. The molecule has 1 aromatic rings. The van der Waals surface area contributed by atoms with Crippen molar-refractivity contribution >= 4 is 19.8 Å². The highest BCUT2D eigenvalue weighted by molar-refractivity contribution is 8.03. The standard InChI is InChI=1S/C10H15NO4S2/c1-8-7-10(9(2)15-8)17(13,14)11-16(12)5-3-4-6-16/h7H,3-6H2,1-2H3. The average Bonchev–Trinajstić information content (AvgIpc) is 2.72. The fraction of sp³-hybridized carbons (Fsp3) is 0.600. The van der Waals surface area contributed by atoms with Crippen molar-refractivity contribution in [2.75, 3.05) is 11.5 Å². The van der Waals surface area contributed by atoms with E-state index in [9.17, 15) is 12.6 Å². The lowest BCUT2D eigenvalue weighted by atomic mass is 10.4. The Kier molecular flexibility index (Phi) is 3.07. The number of furan rings is 1. The molecule has 0 aliphatic carbocycles. The molecule has 1 aliphatic rings. The normalized spacial score (nSPS) is 19.4. The molecule has 2 rings (SSSR count). The molecule has 7 heteroatoms. The third kappa shape index (κ3) is 2.55. The molecule has 0 bridgehead atoms. The lowest BCUT2D eigenvalue weighted by molar-refractivity contribution is 0.496. The van der Waals surface area contributed by atoms with E-state index in [0.717, 1.165) is 12.8 Å². The highest BCUT2D eigenvalue weighted by Crippen LogP contribution is 2.24. The highest BCUT2D eigenvalue weighted by Gasteiger charge is 2.25. The molecule has 5 nitrogen and oxygen atoms in total. The minimum atomic E-state index is -3.86. The Bertz CT molecular complexity index is 636. The summed E-state index contributed by atoms with van der Waals surface area (Å²) < 4.78 is 44.9. The summed E-state index contributed by atoms with van der Waals surface area (Å²) in [7, 11) is -6.43. The molecule has 17 heavy (non-hydrogen) atoms. The van der Waals surface area contributed by atoms with Crippen molar-refractivity contribution in [3.63, 3.8) is 0 Å². The van der Waals surface area contributed by atoms with E-state index in [1.54, 1.807) is 13.8 Å². The molecular formula is C10H15NO4S2. The third-order valence-corrected chi connectivity index (χ3v) is 7.37. The molecule has 96 valence electrons. The Morgan fingerprint density at radius 2 is 1.88 bits per heavy atom. The first-order chi connectivity index (χ1) is 7.82. The van der Waals surface area contributed by atoms with Crippen molar-refractivity contribution in [3.05, 3.63) is 17.6 Å². The van der Waals surface area contributed by atoms with Crippen molar-refractivity contribution in [2.24, 2.45) is 3.77 Å². The molecule has 1 saturated heterocycles. The first kappa shape index (κ1) is 12.6. The topological polar surface area (TPSA) is 76.7 Å². The van der Waals surface area contributed by atoms with Gasteiger partial charge in [-0.15, -0.1) is 3.77 Å². The van der Waals surface area contributed by atoms with Crippen LogP contribution in [0, 0.1) is 13.8 Å². The van der Waals surface area contributed by atoms with E-state index in [-0.39, 0.29) is 4.90 Å². The SMILES string of the molecule is Cc1cc(S(=O)(=O)N=S2(=O)CCCC2)c(C)o1. The molecule has 1 aromatic heterocycles. The van der Waals surface area contributed by atoms with Gasteiger partial charge in [0.15, 0.2) is 0 Å². The average molecular weight is 277 g/mol. The van der Waals surface area contributed by atoms with Crippen LogP contribution >= 0.6 is 0 Å². The second-order valence-electron chi connectivity index (χ2n) is 4.22. The maximum absolute atomic E-state index is 12.1. The number of sulfonamides is 1. The van der Waals surface area contributed by atoms with Crippen LogP contribution < -0.4 is 0 Å². The van der Waals surface area contributed by atoms with Gasteiger partial charge in [0.2, 0.25) is 0 Å². The van der Waals surface area contributed by atoms with Crippen LogP contribution in [0.1, 0.15) is 24.4 Å². The van der Waals surface area contributed by atoms with Gasteiger partial charge in [0.25, 0.3) is 10.0 Å². The molecule has 0 saturated carbocycles. The molecule has 0 radical (unpaired) electrons. The fourth-order valence-corrected chi connectivity index (χ4v) is 6.50. The van der Waals surface area contributed by atoms with E-state index < -0.39 is 19.8 Å². The van der Waals surface area contributed by atoms with Crippen LogP contribution in [0.5, 0.6) is 0 Å². The van der Waals surface area contributed by atoms with E-state index >= 15 is 0 Å². The molecule has 1 fully saturated rings. The molecule has 0 aromatic carbocycles. The molecule has 0 atom stereocenters. The summed E-state index contributed by atoms with van der Waals surface area (Å²) in [5.41, 5.74) is 0. The molecular weight excluding hydrogens is 262 g/mol. The number of hydrogen-bond acceptors (Lipinski definition) is 4. The van der Waals surface area contributed by atoms with E-state index in [2.05, 4.69) is 3.77 Å². The molecule has 0 amide bonds. The van der Waals surface area contributed by atoms with E-state index in [4.69, 9.17) is 4.42 Å². The largest absolute Gasteiger partial charge is 0.465 e. The van der Waals surface area contributed by atoms with Crippen molar-refractivity contribution < 1.29 is 17.0 Å². The van der Waals surface area contributed by atoms with Gasteiger partial charge >= 0.3 is 0 Å². The Morgan fingerprint density at radius 3 is 2.35 bits per heavy atom. The van der Waals surface area contributed by atoms with Crippen LogP contribution in [0.3, 0.4) is 0 Å². The maximum atomic E-state index is 12.1. The van der Waals surface area contributed by atoms with Gasteiger partial charge in [-0.1, -0.05) is 0 Å². The first-order valence-electron chi connectivity index (χ1n) is 5.38. The quantitative estimate of drug-likeness (QED) is 0.826. The number of rotatable bonds is 2. The monoisotopic (exact) mass is 277 g/mol. The predicted molar refractivity (Wildman–Crippen MR) is 64.9 cm³/mol. The second kappa shape index (κ2) is 4.13. The van der Waals surface area contributed by atoms with Crippen molar-refractivity contribution in [2.45, 2.75) is 31.6 Å². The van der Waals surface area contributed by atoms with Crippen LogP contribution in [0.15, 0.2) is 19.1 Å². The van der Waals surface area contributed by atoms with Crippen LogP contribution in [-0.4, -0.2) is 24.1 Å². The van der Waals surface area contributed by atoms with Gasteiger partial charge in [0, 0.05) is 17.6 Å². The zero-order chi connectivity index (χ0) is 12.7. The zero-order valence-corrected chi connectivity index (χ0v) is 11.4. The van der Waals surface area contributed by atoms with Gasteiger partial charge < -0.3 is 4.42 Å². The van der Waals surface area contributed by atoms with Gasteiger partial charge in [-0.2, -0.15) is 8.42 Å². The summed E-state index contributed by atoms with van der Waals surface area (Å²) in [4.78, 5) is 0.0321. The Labute approximate surface area is 101 Å². The van der Waals surface area contributed by atoms with Gasteiger partial charge in [0.1, 0.15) is 16.4 Å². The van der Waals surface area contributed by atoms with Gasteiger partial charge in [-0.25, -0.2) is 4.21 Å². The lowest BCUT2D eigenvalue weighted by Crippen LogP contribution is -2.07. The van der Waals surface area contributed by atoms with Crippen LogP contribution in [0.2, 0.25) is 0 Å². The van der Waals surface area contributed by atoms with Crippen LogP contribution in [-0.2, 0) is 19.8 Å². The van der Waals surface area contributed by atoms with E-state index in [1.165, 1.54) is 6.07 Å². The third-order valence-electron chi connectivity index (χ3n) is 2.68.